The van der Waals surface area contributed by atoms with Crippen LogP contribution in [0.4, 0.5) is 13.2 Å². The van der Waals surface area contributed by atoms with Crippen LogP contribution >= 0.6 is 0 Å². The third-order valence-corrected chi connectivity index (χ3v) is 3.07. The van der Waals surface area contributed by atoms with Gasteiger partial charge in [0.15, 0.2) is 0 Å². The van der Waals surface area contributed by atoms with Crippen LogP contribution in [-0.2, 0) is 6.42 Å². The molecule has 2 rings (SSSR count). The Kier molecular flexibility index (Phi) is 4.14. The van der Waals surface area contributed by atoms with E-state index in [9.17, 15) is 13.2 Å². The normalized spacial score (nSPS) is 20.0. The number of hydrogen-bond acceptors (Lipinski definition) is 2. The molecule has 0 aromatic heterocycles. The Labute approximate surface area is 110 Å². The zero-order valence-corrected chi connectivity index (χ0v) is 10.4. The first-order chi connectivity index (χ1) is 8.92. The Morgan fingerprint density at radius 3 is 2.47 bits per heavy atom. The van der Waals surface area contributed by atoms with Crippen molar-refractivity contribution in [3.05, 3.63) is 41.5 Å². The highest BCUT2D eigenvalue weighted by Crippen LogP contribution is 2.25. The van der Waals surface area contributed by atoms with Gasteiger partial charge in [0.2, 0.25) is 0 Å². The van der Waals surface area contributed by atoms with Crippen molar-refractivity contribution in [3.63, 3.8) is 0 Å². The average molecular weight is 271 g/mol. The summed E-state index contributed by atoms with van der Waals surface area (Å²) in [4.78, 5) is 0. The van der Waals surface area contributed by atoms with Gasteiger partial charge in [-0.25, -0.2) is 0 Å². The molecule has 1 aliphatic carbocycles. The third-order valence-electron chi connectivity index (χ3n) is 3.07. The van der Waals surface area contributed by atoms with Crippen molar-refractivity contribution in [2.75, 3.05) is 0 Å². The van der Waals surface area contributed by atoms with E-state index in [4.69, 9.17) is 5.73 Å². The van der Waals surface area contributed by atoms with Gasteiger partial charge in [-0.1, -0.05) is 23.8 Å². The van der Waals surface area contributed by atoms with Crippen molar-refractivity contribution in [1.82, 2.24) is 0 Å². The highest BCUT2D eigenvalue weighted by molar-refractivity contribution is 5.30. The van der Waals surface area contributed by atoms with Gasteiger partial charge in [-0.15, -0.1) is 13.2 Å². The predicted octanol–water partition coefficient (Wildman–Crippen LogP) is 3.57. The maximum Gasteiger partial charge on any atom is 0.573 e. The second-order valence-corrected chi connectivity index (χ2v) is 4.75. The number of alkyl halides is 3. The lowest BCUT2D eigenvalue weighted by atomic mass is 9.92. The lowest BCUT2D eigenvalue weighted by Gasteiger charge is -2.18. The Morgan fingerprint density at radius 1 is 1.21 bits per heavy atom. The van der Waals surface area contributed by atoms with Crippen molar-refractivity contribution >= 4 is 0 Å². The molecule has 0 fully saturated rings. The van der Waals surface area contributed by atoms with Crippen LogP contribution < -0.4 is 10.5 Å². The molecule has 1 aromatic rings. The van der Waals surface area contributed by atoms with E-state index < -0.39 is 6.36 Å². The molecule has 2 nitrogen and oxygen atoms in total. The Bertz CT molecular complexity index is 451. The third kappa shape index (κ3) is 4.59. The van der Waals surface area contributed by atoms with Crippen LogP contribution in [0.5, 0.6) is 5.75 Å². The SMILES string of the molecule is NC1C=C(Cc2ccc(OC(F)(F)F)cc2)CCC1. The van der Waals surface area contributed by atoms with E-state index >= 15 is 0 Å². The first-order valence-electron chi connectivity index (χ1n) is 6.22. The topological polar surface area (TPSA) is 35.2 Å². The van der Waals surface area contributed by atoms with Crippen molar-refractivity contribution in [2.45, 2.75) is 38.1 Å². The summed E-state index contributed by atoms with van der Waals surface area (Å²) in [6.45, 7) is 0. The lowest BCUT2D eigenvalue weighted by molar-refractivity contribution is -0.274. The standard InChI is InChI=1S/C14H16F3NO/c15-14(16,17)19-13-6-4-10(5-7-13)8-11-2-1-3-12(18)9-11/h4-7,9,12H,1-3,8,18H2. The molecule has 1 aromatic carbocycles. The van der Waals surface area contributed by atoms with Gasteiger partial charge in [0, 0.05) is 6.04 Å². The number of hydrogen-bond donors (Lipinski definition) is 1. The first kappa shape index (κ1) is 13.9. The van der Waals surface area contributed by atoms with E-state index in [1.54, 1.807) is 12.1 Å². The van der Waals surface area contributed by atoms with Crippen LogP contribution in [0.15, 0.2) is 35.9 Å². The summed E-state index contributed by atoms with van der Waals surface area (Å²) >= 11 is 0. The molecule has 0 saturated heterocycles. The summed E-state index contributed by atoms with van der Waals surface area (Å²) < 4.78 is 39.9. The number of allylic oxidation sites excluding steroid dienone is 1. The van der Waals surface area contributed by atoms with E-state index in [1.165, 1.54) is 17.7 Å². The molecule has 0 radical (unpaired) electrons. The lowest BCUT2D eigenvalue weighted by Crippen LogP contribution is -2.20. The minimum Gasteiger partial charge on any atom is -0.406 e. The monoisotopic (exact) mass is 271 g/mol. The number of halogens is 3. The van der Waals surface area contributed by atoms with Gasteiger partial charge < -0.3 is 10.5 Å². The Morgan fingerprint density at radius 2 is 1.89 bits per heavy atom. The van der Waals surface area contributed by atoms with Crippen molar-refractivity contribution in [3.8, 4) is 5.75 Å². The molecule has 0 aliphatic heterocycles. The van der Waals surface area contributed by atoms with Crippen molar-refractivity contribution < 1.29 is 17.9 Å². The molecule has 0 spiro atoms. The van der Waals surface area contributed by atoms with E-state index in [1.807, 2.05) is 0 Å². The maximum absolute atomic E-state index is 12.0. The van der Waals surface area contributed by atoms with Crippen LogP contribution in [-0.4, -0.2) is 12.4 Å². The first-order valence-corrected chi connectivity index (χ1v) is 6.22. The molecule has 0 heterocycles. The Balaban J connectivity index is 1.99. The molecule has 104 valence electrons. The van der Waals surface area contributed by atoms with Crippen molar-refractivity contribution in [2.24, 2.45) is 5.73 Å². The van der Waals surface area contributed by atoms with Gasteiger partial charge in [0.05, 0.1) is 0 Å². The van der Waals surface area contributed by atoms with Gasteiger partial charge in [-0.2, -0.15) is 0 Å². The molecular formula is C14H16F3NO. The second-order valence-electron chi connectivity index (χ2n) is 4.75. The molecule has 0 amide bonds. The second kappa shape index (κ2) is 5.65. The fourth-order valence-corrected chi connectivity index (χ4v) is 2.25. The number of ether oxygens (including phenoxy) is 1. The molecule has 5 heteroatoms. The zero-order valence-electron chi connectivity index (χ0n) is 10.4. The smallest absolute Gasteiger partial charge is 0.406 e. The minimum absolute atomic E-state index is 0.108. The minimum atomic E-state index is -4.64. The van der Waals surface area contributed by atoms with E-state index in [2.05, 4.69) is 10.8 Å². The van der Waals surface area contributed by atoms with Gasteiger partial charge in [-0.3, -0.25) is 0 Å². The molecule has 0 bridgehead atoms. The number of rotatable bonds is 3. The molecule has 1 atom stereocenters. The van der Waals surface area contributed by atoms with E-state index in [0.717, 1.165) is 31.2 Å². The van der Waals surface area contributed by atoms with Crippen LogP contribution in [0.2, 0.25) is 0 Å². The fraction of sp³-hybridized carbons (Fsp3) is 0.429. The molecule has 2 N–H and O–H groups in total. The van der Waals surface area contributed by atoms with Gasteiger partial charge >= 0.3 is 6.36 Å². The fourth-order valence-electron chi connectivity index (χ4n) is 2.25. The van der Waals surface area contributed by atoms with E-state index in [-0.39, 0.29) is 11.8 Å². The summed E-state index contributed by atoms with van der Waals surface area (Å²) in [6, 6.07) is 6.10. The summed E-state index contributed by atoms with van der Waals surface area (Å²) in [5, 5.41) is 0. The number of nitrogens with two attached hydrogens (primary N) is 1. The number of benzene rings is 1. The largest absolute Gasteiger partial charge is 0.573 e. The van der Waals surface area contributed by atoms with Crippen LogP contribution in [0.25, 0.3) is 0 Å². The van der Waals surface area contributed by atoms with Crippen LogP contribution in [0, 0.1) is 0 Å². The molecule has 0 saturated carbocycles. The molecule has 1 unspecified atom stereocenters. The Hall–Kier alpha value is -1.49. The maximum atomic E-state index is 12.0. The van der Waals surface area contributed by atoms with Crippen molar-refractivity contribution in [1.29, 1.82) is 0 Å². The van der Waals surface area contributed by atoms with Gasteiger partial charge in [0.25, 0.3) is 0 Å². The zero-order chi connectivity index (χ0) is 13.9. The van der Waals surface area contributed by atoms with Crippen LogP contribution in [0.3, 0.4) is 0 Å². The molecular weight excluding hydrogens is 255 g/mol. The molecule has 1 aliphatic rings. The summed E-state index contributed by atoms with van der Waals surface area (Å²) in [7, 11) is 0. The quantitative estimate of drug-likeness (QED) is 0.853. The predicted molar refractivity (Wildman–Crippen MR) is 66.7 cm³/mol. The average Bonchev–Trinajstić information content (AvgIpc) is 2.30. The molecule has 19 heavy (non-hydrogen) atoms. The highest BCUT2D eigenvalue weighted by Gasteiger charge is 2.30. The van der Waals surface area contributed by atoms with Gasteiger partial charge in [0.1, 0.15) is 5.75 Å². The van der Waals surface area contributed by atoms with E-state index in [0.29, 0.717) is 0 Å². The summed E-state index contributed by atoms with van der Waals surface area (Å²) in [6.07, 6.45) is 1.24. The summed E-state index contributed by atoms with van der Waals surface area (Å²) in [5.74, 6) is -0.189. The highest BCUT2D eigenvalue weighted by atomic mass is 19.4. The summed E-state index contributed by atoms with van der Waals surface area (Å²) in [5.41, 5.74) is 8.07. The van der Waals surface area contributed by atoms with Gasteiger partial charge in [-0.05, 0) is 43.4 Å². The van der Waals surface area contributed by atoms with Crippen LogP contribution in [0.1, 0.15) is 24.8 Å².